The minimum Gasteiger partial charge on any atom is -0.422 e. The highest BCUT2D eigenvalue weighted by Gasteiger charge is 2.16. The normalized spacial score (nSPS) is 10.5. The first kappa shape index (κ1) is 21.7. The molecular formula is C20H29BrO4. The number of esters is 2. The minimum absolute atomic E-state index is 0.282. The van der Waals surface area contributed by atoms with Crippen LogP contribution in [0.15, 0.2) is 22.7 Å². The zero-order chi connectivity index (χ0) is 18.5. The van der Waals surface area contributed by atoms with Gasteiger partial charge in [-0.1, -0.05) is 58.4 Å². The van der Waals surface area contributed by atoms with E-state index in [1.807, 2.05) is 0 Å². The number of benzene rings is 1. The van der Waals surface area contributed by atoms with Crippen LogP contribution in [0.1, 0.15) is 78.1 Å². The second kappa shape index (κ2) is 12.9. The highest BCUT2D eigenvalue weighted by molar-refractivity contribution is 9.10. The number of carbonyl (C=O) groups excluding carboxylic acids is 2. The van der Waals surface area contributed by atoms with Crippen molar-refractivity contribution < 1.29 is 19.1 Å². The van der Waals surface area contributed by atoms with Crippen molar-refractivity contribution in [2.75, 3.05) is 0 Å². The van der Waals surface area contributed by atoms with Crippen LogP contribution in [-0.2, 0) is 9.59 Å². The molecule has 0 aliphatic rings. The molecule has 5 heteroatoms. The molecule has 0 N–H and O–H groups in total. The average Bonchev–Trinajstić information content (AvgIpc) is 2.59. The van der Waals surface area contributed by atoms with Gasteiger partial charge < -0.3 is 9.47 Å². The van der Waals surface area contributed by atoms with E-state index in [1.165, 1.54) is 0 Å². The third kappa shape index (κ3) is 9.05. The van der Waals surface area contributed by atoms with Crippen LogP contribution in [0, 0.1) is 0 Å². The zero-order valence-corrected chi connectivity index (χ0v) is 16.9. The Morgan fingerprint density at radius 3 is 1.96 bits per heavy atom. The average molecular weight is 413 g/mol. The van der Waals surface area contributed by atoms with E-state index in [9.17, 15) is 9.59 Å². The number of carbonyl (C=O) groups is 2. The fourth-order valence-electron chi connectivity index (χ4n) is 2.40. The molecule has 1 rings (SSSR count). The van der Waals surface area contributed by atoms with Crippen molar-refractivity contribution in [3.63, 3.8) is 0 Å². The van der Waals surface area contributed by atoms with Crippen LogP contribution in [0.3, 0.4) is 0 Å². The Morgan fingerprint density at radius 1 is 0.840 bits per heavy atom. The molecule has 25 heavy (non-hydrogen) atoms. The van der Waals surface area contributed by atoms with E-state index in [2.05, 4.69) is 29.8 Å². The standard InChI is InChI=1S/C20H29BrO4/c1-3-5-7-9-14-18(22)24-17-13-11-12-16(21)20(17)25-19(23)15-10-8-6-4-2/h11-13H,3-10,14-15H2,1-2H3. The molecule has 0 saturated heterocycles. The maximum Gasteiger partial charge on any atom is 0.311 e. The third-order valence-electron chi connectivity index (χ3n) is 3.84. The van der Waals surface area contributed by atoms with Gasteiger partial charge in [-0.05, 0) is 40.9 Å². The first-order valence-electron chi connectivity index (χ1n) is 9.28. The van der Waals surface area contributed by atoms with Crippen LogP contribution in [0.25, 0.3) is 0 Å². The number of halogens is 1. The Kier molecular flexibility index (Phi) is 11.2. The van der Waals surface area contributed by atoms with Gasteiger partial charge in [-0.3, -0.25) is 9.59 Å². The van der Waals surface area contributed by atoms with Crippen molar-refractivity contribution in [1.29, 1.82) is 0 Å². The number of para-hydroxylation sites is 1. The molecule has 1 aromatic rings. The molecule has 140 valence electrons. The quantitative estimate of drug-likeness (QED) is 0.233. The predicted octanol–water partition coefficient (Wildman–Crippen LogP) is 6.20. The minimum atomic E-state index is -0.303. The predicted molar refractivity (Wildman–Crippen MR) is 103 cm³/mol. The summed E-state index contributed by atoms with van der Waals surface area (Å²) in [5.74, 6) is -0.0284. The SMILES string of the molecule is CCCCCCC(=O)Oc1cccc(Br)c1OC(=O)CCCCCC. The van der Waals surface area contributed by atoms with Crippen LogP contribution in [0.2, 0.25) is 0 Å². The molecule has 0 heterocycles. The van der Waals surface area contributed by atoms with Gasteiger partial charge in [0, 0.05) is 12.8 Å². The molecule has 0 aliphatic carbocycles. The first-order chi connectivity index (χ1) is 12.1. The molecule has 0 spiro atoms. The van der Waals surface area contributed by atoms with Crippen LogP contribution >= 0.6 is 15.9 Å². The van der Waals surface area contributed by atoms with E-state index >= 15 is 0 Å². The van der Waals surface area contributed by atoms with Gasteiger partial charge in [0.15, 0.2) is 11.5 Å². The summed E-state index contributed by atoms with van der Waals surface area (Å²) in [6, 6.07) is 5.16. The van der Waals surface area contributed by atoms with Crippen molar-refractivity contribution >= 4 is 27.9 Å². The van der Waals surface area contributed by atoms with Crippen LogP contribution in [0.4, 0.5) is 0 Å². The largest absolute Gasteiger partial charge is 0.422 e. The van der Waals surface area contributed by atoms with E-state index in [4.69, 9.17) is 9.47 Å². The maximum absolute atomic E-state index is 12.0. The van der Waals surface area contributed by atoms with E-state index in [0.717, 1.165) is 51.4 Å². The van der Waals surface area contributed by atoms with Gasteiger partial charge in [0.2, 0.25) is 0 Å². The summed E-state index contributed by atoms with van der Waals surface area (Å²) in [4.78, 5) is 24.0. The summed E-state index contributed by atoms with van der Waals surface area (Å²) in [7, 11) is 0. The Morgan fingerprint density at radius 2 is 1.40 bits per heavy atom. The molecule has 0 unspecified atom stereocenters. The molecule has 1 aromatic carbocycles. The number of unbranched alkanes of at least 4 members (excludes halogenated alkanes) is 6. The summed E-state index contributed by atoms with van der Waals surface area (Å²) in [5, 5.41) is 0. The van der Waals surface area contributed by atoms with Gasteiger partial charge in [0.25, 0.3) is 0 Å². The van der Waals surface area contributed by atoms with Gasteiger partial charge in [-0.25, -0.2) is 0 Å². The molecule has 0 amide bonds. The molecular weight excluding hydrogens is 384 g/mol. The molecule has 0 saturated carbocycles. The van der Waals surface area contributed by atoms with E-state index in [1.54, 1.807) is 18.2 Å². The van der Waals surface area contributed by atoms with Crippen LogP contribution < -0.4 is 9.47 Å². The van der Waals surface area contributed by atoms with Crippen molar-refractivity contribution in [2.45, 2.75) is 78.1 Å². The summed E-state index contributed by atoms with van der Waals surface area (Å²) < 4.78 is 11.4. The molecule has 0 radical (unpaired) electrons. The molecule has 4 nitrogen and oxygen atoms in total. The lowest BCUT2D eigenvalue weighted by atomic mass is 10.1. The topological polar surface area (TPSA) is 52.6 Å². The summed E-state index contributed by atoms with van der Waals surface area (Å²) in [6.07, 6.45) is 8.87. The van der Waals surface area contributed by atoms with Crippen molar-refractivity contribution in [2.24, 2.45) is 0 Å². The Labute approximate surface area is 159 Å². The molecule has 0 aliphatic heterocycles. The lowest BCUT2D eigenvalue weighted by Gasteiger charge is -2.12. The van der Waals surface area contributed by atoms with E-state index < -0.39 is 0 Å². The van der Waals surface area contributed by atoms with Gasteiger partial charge >= 0.3 is 11.9 Å². The van der Waals surface area contributed by atoms with Gasteiger partial charge in [0.05, 0.1) is 4.47 Å². The Hall–Kier alpha value is -1.36. The van der Waals surface area contributed by atoms with E-state index in [-0.39, 0.29) is 23.4 Å². The number of hydrogen-bond donors (Lipinski definition) is 0. The second-order valence-electron chi connectivity index (χ2n) is 6.14. The van der Waals surface area contributed by atoms with Crippen molar-refractivity contribution in [3.8, 4) is 11.5 Å². The van der Waals surface area contributed by atoms with Crippen molar-refractivity contribution in [3.05, 3.63) is 22.7 Å². The van der Waals surface area contributed by atoms with Gasteiger partial charge in [0.1, 0.15) is 0 Å². The summed E-state index contributed by atoms with van der Waals surface area (Å²) in [5.41, 5.74) is 0. The number of rotatable bonds is 12. The fourth-order valence-corrected chi connectivity index (χ4v) is 2.83. The highest BCUT2D eigenvalue weighted by Crippen LogP contribution is 2.35. The van der Waals surface area contributed by atoms with Crippen molar-refractivity contribution in [1.82, 2.24) is 0 Å². The monoisotopic (exact) mass is 412 g/mol. The molecule has 0 bridgehead atoms. The van der Waals surface area contributed by atoms with Crippen LogP contribution in [0.5, 0.6) is 11.5 Å². The highest BCUT2D eigenvalue weighted by atomic mass is 79.9. The lowest BCUT2D eigenvalue weighted by molar-refractivity contribution is -0.137. The van der Waals surface area contributed by atoms with Gasteiger partial charge in [-0.15, -0.1) is 0 Å². The first-order valence-corrected chi connectivity index (χ1v) is 10.1. The third-order valence-corrected chi connectivity index (χ3v) is 4.46. The second-order valence-corrected chi connectivity index (χ2v) is 6.99. The van der Waals surface area contributed by atoms with Gasteiger partial charge in [-0.2, -0.15) is 0 Å². The number of hydrogen-bond acceptors (Lipinski definition) is 4. The maximum atomic E-state index is 12.0. The zero-order valence-electron chi connectivity index (χ0n) is 15.3. The molecule has 0 fully saturated rings. The molecule has 0 atom stereocenters. The Bertz CT molecular complexity index is 542. The summed E-state index contributed by atoms with van der Waals surface area (Å²) in [6.45, 7) is 4.25. The summed E-state index contributed by atoms with van der Waals surface area (Å²) >= 11 is 3.36. The number of ether oxygens (including phenoxy) is 2. The smallest absolute Gasteiger partial charge is 0.311 e. The lowest BCUT2D eigenvalue weighted by Crippen LogP contribution is -2.12. The van der Waals surface area contributed by atoms with E-state index in [0.29, 0.717) is 17.3 Å². The Balaban J connectivity index is 2.58. The molecule has 0 aromatic heterocycles. The van der Waals surface area contributed by atoms with Crippen LogP contribution in [-0.4, -0.2) is 11.9 Å². The fraction of sp³-hybridized carbons (Fsp3) is 0.600.